The van der Waals surface area contributed by atoms with Crippen LogP contribution in [-0.4, -0.2) is 30.9 Å². The number of pyridine rings is 1. The zero-order valence-corrected chi connectivity index (χ0v) is 15.2. The predicted octanol–water partition coefficient (Wildman–Crippen LogP) is 3.62. The second-order valence-electron chi connectivity index (χ2n) is 5.52. The average Bonchev–Trinajstić information content (AvgIpc) is 3.06. The highest BCUT2D eigenvalue weighted by molar-refractivity contribution is 8.00. The van der Waals surface area contributed by atoms with E-state index in [9.17, 15) is 9.18 Å². The zero-order chi connectivity index (χ0) is 18.5. The summed E-state index contributed by atoms with van der Waals surface area (Å²) in [4.78, 5) is 16.4. The van der Waals surface area contributed by atoms with Gasteiger partial charge in [-0.15, -0.1) is 10.2 Å². The number of amides is 1. The molecule has 2 aromatic heterocycles. The third-order valence-corrected chi connectivity index (χ3v) is 4.84. The average molecular weight is 371 g/mol. The molecule has 0 aliphatic heterocycles. The molecule has 3 aromatic rings. The van der Waals surface area contributed by atoms with Gasteiger partial charge in [0.15, 0.2) is 11.0 Å². The molecule has 0 bridgehead atoms. The maximum Gasteiger partial charge on any atom is 0.237 e. The number of carbonyl (C=O) groups excluding carboxylic acids is 1. The van der Waals surface area contributed by atoms with Gasteiger partial charge >= 0.3 is 0 Å². The number of anilines is 1. The standard InChI is InChI=1S/C18H18FN5OS/c1-3-24-16(13-8-10-20-11-9-13)22-23-18(24)26-12(2)17(25)21-15-7-5-4-6-14(15)19/h4-12H,3H2,1-2H3,(H,21,25). The Balaban J connectivity index is 1.75. The lowest BCUT2D eigenvalue weighted by molar-refractivity contribution is -0.115. The minimum absolute atomic E-state index is 0.166. The Labute approximate surface area is 154 Å². The highest BCUT2D eigenvalue weighted by atomic mass is 32.2. The van der Waals surface area contributed by atoms with E-state index in [-0.39, 0.29) is 11.6 Å². The zero-order valence-electron chi connectivity index (χ0n) is 14.4. The Morgan fingerprint density at radius 2 is 1.96 bits per heavy atom. The van der Waals surface area contributed by atoms with E-state index in [1.165, 1.54) is 23.9 Å². The first-order valence-electron chi connectivity index (χ1n) is 8.15. The SMILES string of the molecule is CCn1c(SC(C)C(=O)Nc2ccccc2F)nnc1-c1ccncc1. The minimum atomic E-state index is -0.464. The second kappa shape index (κ2) is 8.09. The van der Waals surface area contributed by atoms with Crippen LogP contribution >= 0.6 is 11.8 Å². The number of nitrogens with one attached hydrogen (secondary N) is 1. The Bertz CT molecular complexity index is 900. The topological polar surface area (TPSA) is 72.7 Å². The minimum Gasteiger partial charge on any atom is -0.323 e. The van der Waals surface area contributed by atoms with Crippen LogP contribution < -0.4 is 5.32 Å². The maximum absolute atomic E-state index is 13.7. The van der Waals surface area contributed by atoms with E-state index >= 15 is 0 Å². The van der Waals surface area contributed by atoms with Crippen LogP contribution in [0.5, 0.6) is 0 Å². The number of aromatic nitrogens is 4. The molecule has 26 heavy (non-hydrogen) atoms. The third kappa shape index (κ3) is 3.91. The monoisotopic (exact) mass is 371 g/mol. The number of halogens is 1. The predicted molar refractivity (Wildman–Crippen MR) is 99.3 cm³/mol. The van der Waals surface area contributed by atoms with Gasteiger partial charge in [0.2, 0.25) is 5.91 Å². The van der Waals surface area contributed by atoms with Crippen LogP contribution in [0.4, 0.5) is 10.1 Å². The summed E-state index contributed by atoms with van der Waals surface area (Å²) in [6, 6.07) is 9.81. The van der Waals surface area contributed by atoms with Crippen LogP contribution in [-0.2, 0) is 11.3 Å². The van der Waals surface area contributed by atoms with Gasteiger partial charge in [-0.25, -0.2) is 4.39 Å². The molecule has 0 saturated carbocycles. The summed E-state index contributed by atoms with van der Waals surface area (Å²) < 4.78 is 15.6. The van der Waals surface area contributed by atoms with Crippen molar-refractivity contribution in [2.24, 2.45) is 0 Å². The van der Waals surface area contributed by atoms with Crippen molar-refractivity contribution in [3.63, 3.8) is 0 Å². The Kier molecular flexibility index (Phi) is 5.62. The molecule has 2 heterocycles. The fourth-order valence-electron chi connectivity index (χ4n) is 2.38. The van der Waals surface area contributed by atoms with E-state index < -0.39 is 11.1 Å². The molecule has 1 atom stereocenters. The lowest BCUT2D eigenvalue weighted by Crippen LogP contribution is -2.23. The Morgan fingerprint density at radius 3 is 2.65 bits per heavy atom. The number of para-hydroxylation sites is 1. The van der Waals surface area contributed by atoms with Crippen molar-refractivity contribution in [3.05, 3.63) is 54.6 Å². The van der Waals surface area contributed by atoms with Gasteiger partial charge < -0.3 is 9.88 Å². The van der Waals surface area contributed by atoms with E-state index in [0.29, 0.717) is 11.7 Å². The first-order valence-corrected chi connectivity index (χ1v) is 9.03. The van der Waals surface area contributed by atoms with Crippen LogP contribution in [0.1, 0.15) is 13.8 Å². The van der Waals surface area contributed by atoms with Gasteiger partial charge in [-0.1, -0.05) is 23.9 Å². The summed E-state index contributed by atoms with van der Waals surface area (Å²) >= 11 is 1.28. The van der Waals surface area contributed by atoms with Gasteiger partial charge in [0.1, 0.15) is 5.82 Å². The number of hydrogen-bond acceptors (Lipinski definition) is 5. The molecule has 0 fully saturated rings. The molecule has 0 spiro atoms. The van der Waals surface area contributed by atoms with Crippen molar-refractivity contribution in [1.82, 2.24) is 19.7 Å². The van der Waals surface area contributed by atoms with Crippen LogP contribution in [0.2, 0.25) is 0 Å². The molecule has 0 radical (unpaired) electrons. The fraction of sp³-hybridized carbons (Fsp3) is 0.222. The quantitative estimate of drug-likeness (QED) is 0.670. The molecule has 134 valence electrons. The van der Waals surface area contributed by atoms with E-state index in [0.717, 1.165) is 11.4 Å². The number of thioether (sulfide) groups is 1. The molecular weight excluding hydrogens is 353 g/mol. The van der Waals surface area contributed by atoms with Crippen LogP contribution in [0, 0.1) is 5.82 Å². The molecular formula is C18H18FN5OS. The summed E-state index contributed by atoms with van der Waals surface area (Å²) in [5.41, 5.74) is 1.07. The van der Waals surface area contributed by atoms with Crippen molar-refractivity contribution in [2.75, 3.05) is 5.32 Å². The van der Waals surface area contributed by atoms with Crippen molar-refractivity contribution < 1.29 is 9.18 Å². The number of nitrogens with zero attached hydrogens (tertiary/aromatic N) is 4. The smallest absolute Gasteiger partial charge is 0.237 e. The molecule has 1 aromatic carbocycles. The Hall–Kier alpha value is -2.74. The number of hydrogen-bond donors (Lipinski definition) is 1. The first kappa shape index (κ1) is 18.1. The number of benzene rings is 1. The summed E-state index contributed by atoms with van der Waals surface area (Å²) in [7, 11) is 0. The van der Waals surface area contributed by atoms with E-state index in [2.05, 4.69) is 20.5 Å². The third-order valence-electron chi connectivity index (χ3n) is 3.75. The highest BCUT2D eigenvalue weighted by Crippen LogP contribution is 2.27. The van der Waals surface area contributed by atoms with E-state index in [4.69, 9.17) is 0 Å². The van der Waals surface area contributed by atoms with Crippen molar-refractivity contribution in [3.8, 4) is 11.4 Å². The Morgan fingerprint density at radius 1 is 1.23 bits per heavy atom. The molecule has 8 heteroatoms. The number of carbonyl (C=O) groups is 1. The highest BCUT2D eigenvalue weighted by Gasteiger charge is 2.21. The van der Waals surface area contributed by atoms with Gasteiger partial charge in [-0.2, -0.15) is 0 Å². The van der Waals surface area contributed by atoms with E-state index in [1.807, 2.05) is 23.6 Å². The van der Waals surface area contributed by atoms with Crippen LogP contribution in [0.3, 0.4) is 0 Å². The molecule has 0 aliphatic rings. The normalized spacial score (nSPS) is 12.0. The van der Waals surface area contributed by atoms with Gasteiger partial charge in [0.05, 0.1) is 10.9 Å². The van der Waals surface area contributed by atoms with Crippen molar-refractivity contribution in [2.45, 2.75) is 30.8 Å². The molecule has 0 aliphatic carbocycles. The van der Waals surface area contributed by atoms with Gasteiger partial charge in [0, 0.05) is 24.5 Å². The second-order valence-corrected chi connectivity index (χ2v) is 6.82. The molecule has 0 saturated heterocycles. The fourth-order valence-corrected chi connectivity index (χ4v) is 3.30. The summed E-state index contributed by atoms with van der Waals surface area (Å²) in [6.45, 7) is 4.40. The molecule has 6 nitrogen and oxygen atoms in total. The van der Waals surface area contributed by atoms with Gasteiger partial charge in [0.25, 0.3) is 0 Å². The molecule has 3 rings (SSSR count). The summed E-state index contributed by atoms with van der Waals surface area (Å²) in [5.74, 6) is -0.0370. The van der Waals surface area contributed by atoms with Gasteiger partial charge in [-0.05, 0) is 38.1 Å². The largest absolute Gasteiger partial charge is 0.323 e. The lowest BCUT2D eigenvalue weighted by Gasteiger charge is -2.13. The summed E-state index contributed by atoms with van der Waals surface area (Å²) in [5, 5.41) is 11.2. The lowest BCUT2D eigenvalue weighted by atomic mass is 10.2. The van der Waals surface area contributed by atoms with Crippen molar-refractivity contribution in [1.29, 1.82) is 0 Å². The van der Waals surface area contributed by atoms with E-state index in [1.54, 1.807) is 31.5 Å². The maximum atomic E-state index is 13.7. The molecule has 1 unspecified atom stereocenters. The summed E-state index contributed by atoms with van der Waals surface area (Å²) in [6.07, 6.45) is 3.39. The number of rotatable bonds is 6. The van der Waals surface area contributed by atoms with Crippen molar-refractivity contribution >= 4 is 23.4 Å². The van der Waals surface area contributed by atoms with Crippen LogP contribution in [0.15, 0.2) is 53.9 Å². The molecule has 1 N–H and O–H groups in total. The van der Waals surface area contributed by atoms with Crippen LogP contribution in [0.25, 0.3) is 11.4 Å². The van der Waals surface area contributed by atoms with Gasteiger partial charge in [-0.3, -0.25) is 9.78 Å². The first-order chi connectivity index (χ1) is 12.6. The molecule has 1 amide bonds.